The Morgan fingerprint density at radius 1 is 1.15 bits per heavy atom. The van der Waals surface area contributed by atoms with Crippen LogP contribution in [0.4, 0.5) is 19.1 Å². The average Bonchev–Trinajstić information content (AvgIpc) is 3.08. The van der Waals surface area contributed by atoms with Crippen LogP contribution in [-0.2, 0) is 19.0 Å². The van der Waals surface area contributed by atoms with Crippen molar-refractivity contribution in [2.24, 2.45) is 0 Å². The van der Waals surface area contributed by atoms with Crippen molar-refractivity contribution in [2.75, 3.05) is 5.32 Å². The van der Waals surface area contributed by atoms with E-state index in [0.717, 1.165) is 68.5 Å². The summed E-state index contributed by atoms with van der Waals surface area (Å²) >= 11 is 0. The summed E-state index contributed by atoms with van der Waals surface area (Å²) in [5, 5.41) is 7.55. The molecule has 27 heavy (non-hydrogen) atoms. The van der Waals surface area contributed by atoms with Gasteiger partial charge in [0.25, 0.3) is 5.56 Å². The second-order valence-electron chi connectivity index (χ2n) is 7.17. The molecular weight excluding hydrogens is 359 g/mol. The Morgan fingerprint density at radius 2 is 1.93 bits per heavy atom. The molecule has 0 bridgehead atoms. The smallest absolute Gasteiger partial charge is 0.351 e. The van der Waals surface area contributed by atoms with E-state index >= 15 is 0 Å². The highest BCUT2D eigenvalue weighted by Gasteiger charge is 2.33. The quantitative estimate of drug-likeness (QED) is 0.887. The average molecular weight is 379 g/mol. The number of nitrogens with zero attached hydrogens (tertiary/aromatic N) is 4. The summed E-state index contributed by atoms with van der Waals surface area (Å²) in [5.74, 6) is -0.0129. The van der Waals surface area contributed by atoms with E-state index in [2.05, 4.69) is 20.4 Å². The number of nitrogens with one attached hydrogen (secondary N) is 1. The van der Waals surface area contributed by atoms with Gasteiger partial charge >= 0.3 is 6.18 Å². The van der Waals surface area contributed by atoms with Crippen LogP contribution in [0.25, 0.3) is 0 Å². The van der Waals surface area contributed by atoms with Gasteiger partial charge < -0.3 is 5.32 Å². The molecule has 6 nitrogen and oxygen atoms in total. The van der Waals surface area contributed by atoms with Crippen LogP contribution in [0, 0.1) is 0 Å². The van der Waals surface area contributed by atoms with Crippen LogP contribution in [-0.4, -0.2) is 25.8 Å². The Labute approximate surface area is 153 Å². The van der Waals surface area contributed by atoms with Crippen molar-refractivity contribution < 1.29 is 13.2 Å². The standard InChI is InChI=1S/C18H20F3N5O/c19-18(20,21)15-8-9-22-17(24-15)23-12-4-6-13(7-5-12)26-16(27)10-11-2-1-3-14(11)25-26/h8-10,12-13H,1-7H2,(H,22,23,24). The molecule has 2 aromatic heterocycles. The molecule has 2 aliphatic rings. The molecule has 0 aliphatic heterocycles. The van der Waals surface area contributed by atoms with Crippen LogP contribution in [0.2, 0.25) is 0 Å². The van der Waals surface area contributed by atoms with Gasteiger partial charge in [-0.3, -0.25) is 4.79 Å². The van der Waals surface area contributed by atoms with Gasteiger partial charge in [-0.15, -0.1) is 0 Å². The highest BCUT2D eigenvalue weighted by Crippen LogP contribution is 2.30. The molecule has 1 saturated carbocycles. The Balaban J connectivity index is 1.41. The molecule has 144 valence electrons. The van der Waals surface area contributed by atoms with Crippen LogP contribution in [0.15, 0.2) is 23.1 Å². The zero-order valence-corrected chi connectivity index (χ0v) is 14.7. The molecule has 4 rings (SSSR count). The number of hydrogen-bond acceptors (Lipinski definition) is 5. The highest BCUT2D eigenvalue weighted by molar-refractivity contribution is 5.28. The van der Waals surface area contributed by atoms with E-state index in [0.29, 0.717) is 0 Å². The third-order valence-electron chi connectivity index (χ3n) is 5.30. The largest absolute Gasteiger partial charge is 0.433 e. The van der Waals surface area contributed by atoms with Crippen LogP contribution in [0.5, 0.6) is 0 Å². The Kier molecular flexibility index (Phi) is 4.61. The number of halogens is 3. The Bertz CT molecular complexity index is 887. The van der Waals surface area contributed by atoms with Gasteiger partial charge in [0.15, 0.2) is 0 Å². The van der Waals surface area contributed by atoms with Crippen LogP contribution < -0.4 is 10.9 Å². The summed E-state index contributed by atoms with van der Waals surface area (Å²) in [6.45, 7) is 0. The van der Waals surface area contributed by atoms with Gasteiger partial charge in [0.2, 0.25) is 5.95 Å². The van der Waals surface area contributed by atoms with E-state index in [1.165, 1.54) is 0 Å². The van der Waals surface area contributed by atoms with Crippen molar-refractivity contribution in [3.8, 4) is 0 Å². The monoisotopic (exact) mass is 379 g/mol. The second-order valence-corrected chi connectivity index (χ2v) is 7.17. The predicted octanol–water partition coefficient (Wildman–Crippen LogP) is 3.14. The van der Waals surface area contributed by atoms with Gasteiger partial charge in [-0.2, -0.15) is 18.3 Å². The minimum Gasteiger partial charge on any atom is -0.351 e. The minimum absolute atomic E-state index is 0.0129. The molecular formula is C18H20F3N5O. The van der Waals surface area contributed by atoms with E-state index in [1.54, 1.807) is 10.7 Å². The molecule has 1 N–H and O–H groups in total. The summed E-state index contributed by atoms with van der Waals surface area (Å²) in [5.41, 5.74) is 1.07. The summed E-state index contributed by atoms with van der Waals surface area (Å²) in [6.07, 6.45) is 2.41. The topological polar surface area (TPSA) is 72.7 Å². The zero-order valence-electron chi connectivity index (χ0n) is 14.7. The van der Waals surface area contributed by atoms with E-state index < -0.39 is 11.9 Å². The molecule has 0 spiro atoms. The zero-order chi connectivity index (χ0) is 19.0. The van der Waals surface area contributed by atoms with Gasteiger partial charge in [0.1, 0.15) is 5.69 Å². The molecule has 2 heterocycles. The maximum atomic E-state index is 12.8. The van der Waals surface area contributed by atoms with Crippen molar-refractivity contribution in [1.29, 1.82) is 0 Å². The third-order valence-corrected chi connectivity index (χ3v) is 5.30. The number of alkyl halides is 3. The number of aryl methyl sites for hydroxylation is 2. The SMILES string of the molecule is O=c1cc2c(nn1C1CCC(Nc3nccc(C(F)(F)F)n3)CC1)CCC2. The molecule has 0 unspecified atom stereocenters. The van der Waals surface area contributed by atoms with Gasteiger partial charge in [-0.25, -0.2) is 14.6 Å². The first-order valence-corrected chi connectivity index (χ1v) is 9.18. The lowest BCUT2D eigenvalue weighted by Gasteiger charge is -2.29. The fourth-order valence-corrected chi connectivity index (χ4v) is 3.91. The molecule has 0 aromatic carbocycles. The number of rotatable bonds is 3. The molecule has 1 fully saturated rings. The fourth-order valence-electron chi connectivity index (χ4n) is 3.91. The van der Waals surface area contributed by atoms with Gasteiger partial charge in [0, 0.05) is 18.3 Å². The highest BCUT2D eigenvalue weighted by atomic mass is 19.4. The number of fused-ring (bicyclic) bond motifs is 1. The van der Waals surface area contributed by atoms with E-state index in [-0.39, 0.29) is 23.6 Å². The predicted molar refractivity (Wildman–Crippen MR) is 92.5 cm³/mol. The Hall–Kier alpha value is -2.45. The molecule has 2 aromatic rings. The fraction of sp³-hybridized carbons (Fsp3) is 0.556. The van der Waals surface area contributed by atoms with Gasteiger partial charge in [-0.05, 0) is 56.6 Å². The number of hydrogen-bond donors (Lipinski definition) is 1. The molecule has 0 atom stereocenters. The first-order chi connectivity index (χ1) is 12.9. The summed E-state index contributed by atoms with van der Waals surface area (Å²) in [4.78, 5) is 19.8. The van der Waals surface area contributed by atoms with Crippen molar-refractivity contribution in [3.63, 3.8) is 0 Å². The van der Waals surface area contributed by atoms with Crippen molar-refractivity contribution >= 4 is 5.95 Å². The van der Waals surface area contributed by atoms with Crippen molar-refractivity contribution in [3.05, 3.63) is 45.6 Å². The molecule has 0 radical (unpaired) electrons. The van der Waals surface area contributed by atoms with E-state index in [1.807, 2.05) is 0 Å². The van der Waals surface area contributed by atoms with E-state index in [9.17, 15) is 18.0 Å². The first kappa shape index (κ1) is 17.9. The van der Waals surface area contributed by atoms with Gasteiger partial charge in [-0.1, -0.05) is 0 Å². The second kappa shape index (κ2) is 6.94. The molecule has 2 aliphatic carbocycles. The Morgan fingerprint density at radius 3 is 2.67 bits per heavy atom. The lowest BCUT2D eigenvalue weighted by atomic mass is 9.91. The normalized spacial score (nSPS) is 22.5. The van der Waals surface area contributed by atoms with Gasteiger partial charge in [0.05, 0.1) is 11.7 Å². The summed E-state index contributed by atoms with van der Waals surface area (Å²) < 4.78 is 39.9. The summed E-state index contributed by atoms with van der Waals surface area (Å²) in [7, 11) is 0. The molecule has 0 saturated heterocycles. The summed E-state index contributed by atoms with van der Waals surface area (Å²) in [6, 6.07) is 2.57. The third kappa shape index (κ3) is 3.81. The number of aromatic nitrogens is 4. The number of anilines is 1. The molecule has 9 heteroatoms. The van der Waals surface area contributed by atoms with Crippen LogP contribution in [0.3, 0.4) is 0 Å². The first-order valence-electron chi connectivity index (χ1n) is 9.18. The van der Waals surface area contributed by atoms with Crippen LogP contribution in [0.1, 0.15) is 55.1 Å². The van der Waals surface area contributed by atoms with E-state index in [4.69, 9.17) is 0 Å². The minimum atomic E-state index is -4.49. The van der Waals surface area contributed by atoms with Crippen molar-refractivity contribution in [1.82, 2.24) is 19.7 Å². The maximum absolute atomic E-state index is 12.8. The lowest BCUT2D eigenvalue weighted by molar-refractivity contribution is -0.141. The lowest BCUT2D eigenvalue weighted by Crippen LogP contribution is -2.34. The maximum Gasteiger partial charge on any atom is 0.433 e. The van der Waals surface area contributed by atoms with Crippen LogP contribution >= 0.6 is 0 Å². The molecule has 0 amide bonds. The van der Waals surface area contributed by atoms with Crippen molar-refractivity contribution in [2.45, 2.75) is 63.2 Å².